The molecule has 1 aromatic rings. The molecule has 1 spiro atoms. The molecule has 0 radical (unpaired) electrons. The maximum atomic E-state index is 13.2. The molecule has 1 fully saturated rings. The minimum atomic E-state index is -2.45. The van der Waals surface area contributed by atoms with Crippen LogP contribution in [-0.2, 0) is 13.0 Å². The number of aryl methyl sites for hydroxylation is 1. The summed E-state index contributed by atoms with van der Waals surface area (Å²) in [7, 11) is 0. The van der Waals surface area contributed by atoms with Gasteiger partial charge in [0.1, 0.15) is 5.82 Å². The number of anilines is 1. The minimum Gasteiger partial charge on any atom is -0.382 e. The summed E-state index contributed by atoms with van der Waals surface area (Å²) in [6, 6.07) is 0. The van der Waals surface area contributed by atoms with E-state index >= 15 is 0 Å². The third-order valence-electron chi connectivity index (χ3n) is 4.37. The summed E-state index contributed by atoms with van der Waals surface area (Å²) in [5.74, 6) is -1.58. The fourth-order valence-electron chi connectivity index (χ4n) is 3.67. The molecule has 100 valence electrons. The van der Waals surface area contributed by atoms with Gasteiger partial charge in [-0.25, -0.2) is 8.78 Å². The number of hydrogen-bond acceptors (Lipinski definition) is 2. The Bertz CT molecular complexity index is 483. The van der Waals surface area contributed by atoms with E-state index in [1.807, 2.05) is 4.68 Å². The predicted octanol–water partition coefficient (Wildman–Crippen LogP) is 2.95. The second-order valence-electron chi connectivity index (χ2n) is 6.26. The maximum absolute atomic E-state index is 13.2. The molecule has 0 saturated heterocycles. The molecule has 1 aromatic heterocycles. The molecule has 0 amide bonds. The van der Waals surface area contributed by atoms with Crippen molar-refractivity contribution in [2.45, 2.75) is 57.9 Å². The van der Waals surface area contributed by atoms with Crippen LogP contribution in [0.5, 0.6) is 0 Å². The Morgan fingerprint density at radius 2 is 2.00 bits per heavy atom. The highest BCUT2D eigenvalue weighted by Crippen LogP contribution is 2.57. The van der Waals surface area contributed by atoms with Gasteiger partial charge >= 0.3 is 0 Å². The van der Waals surface area contributed by atoms with Crippen LogP contribution in [0.25, 0.3) is 0 Å². The molecule has 0 aromatic carbocycles. The SMILES string of the molecule is CC(C)c1c(N)nn2c1CC1(CC2)CC(F)(F)C1. The van der Waals surface area contributed by atoms with E-state index in [-0.39, 0.29) is 18.3 Å². The normalized spacial score (nSPS) is 24.1. The lowest BCUT2D eigenvalue weighted by atomic mass is 9.60. The van der Waals surface area contributed by atoms with Gasteiger partial charge in [0.25, 0.3) is 0 Å². The molecule has 3 nitrogen and oxygen atoms in total. The van der Waals surface area contributed by atoms with Gasteiger partial charge in [0.2, 0.25) is 5.92 Å². The van der Waals surface area contributed by atoms with Crippen molar-refractivity contribution in [1.82, 2.24) is 9.78 Å². The van der Waals surface area contributed by atoms with Crippen LogP contribution in [0, 0.1) is 5.41 Å². The van der Waals surface area contributed by atoms with Crippen molar-refractivity contribution in [2.75, 3.05) is 5.73 Å². The van der Waals surface area contributed by atoms with Crippen LogP contribution in [-0.4, -0.2) is 15.7 Å². The summed E-state index contributed by atoms with van der Waals surface area (Å²) < 4.78 is 28.2. The smallest absolute Gasteiger partial charge is 0.249 e. The average Bonchev–Trinajstić information content (AvgIpc) is 2.50. The zero-order valence-electron chi connectivity index (χ0n) is 10.8. The second kappa shape index (κ2) is 3.45. The first-order chi connectivity index (χ1) is 8.32. The molecular weight excluding hydrogens is 236 g/mol. The summed E-state index contributed by atoms with van der Waals surface area (Å²) >= 11 is 0. The topological polar surface area (TPSA) is 43.8 Å². The molecule has 2 N–H and O–H groups in total. The lowest BCUT2D eigenvalue weighted by Gasteiger charge is -2.49. The summed E-state index contributed by atoms with van der Waals surface area (Å²) in [6.07, 6.45) is 1.57. The van der Waals surface area contributed by atoms with E-state index in [9.17, 15) is 8.78 Å². The van der Waals surface area contributed by atoms with Crippen LogP contribution in [0.1, 0.15) is 50.3 Å². The number of halogens is 2. The number of fused-ring (bicyclic) bond motifs is 1. The van der Waals surface area contributed by atoms with Gasteiger partial charge in [-0.1, -0.05) is 13.8 Å². The number of nitrogens with zero attached hydrogens (tertiary/aromatic N) is 2. The molecule has 2 heterocycles. The number of rotatable bonds is 1. The van der Waals surface area contributed by atoms with Crippen LogP contribution in [0.3, 0.4) is 0 Å². The number of alkyl halides is 2. The summed E-state index contributed by atoms with van der Waals surface area (Å²) in [5, 5.41) is 4.34. The van der Waals surface area contributed by atoms with E-state index in [0.717, 1.165) is 24.2 Å². The zero-order valence-corrected chi connectivity index (χ0v) is 10.8. The third kappa shape index (κ3) is 1.63. The zero-order chi connectivity index (χ0) is 13.1. The first kappa shape index (κ1) is 11.9. The molecule has 0 bridgehead atoms. The summed E-state index contributed by atoms with van der Waals surface area (Å²) in [4.78, 5) is 0. The highest BCUT2D eigenvalue weighted by Gasteiger charge is 2.57. The van der Waals surface area contributed by atoms with E-state index in [4.69, 9.17) is 5.73 Å². The van der Waals surface area contributed by atoms with Gasteiger partial charge in [-0.05, 0) is 24.2 Å². The van der Waals surface area contributed by atoms with Crippen molar-refractivity contribution in [1.29, 1.82) is 0 Å². The van der Waals surface area contributed by atoms with Crippen molar-refractivity contribution in [2.24, 2.45) is 5.41 Å². The van der Waals surface area contributed by atoms with Gasteiger partial charge in [0.05, 0.1) is 0 Å². The monoisotopic (exact) mass is 255 g/mol. The van der Waals surface area contributed by atoms with Gasteiger partial charge in [0.15, 0.2) is 0 Å². The summed E-state index contributed by atoms with van der Waals surface area (Å²) in [5.41, 5.74) is 7.89. The van der Waals surface area contributed by atoms with Crippen LogP contribution in [0.2, 0.25) is 0 Å². The van der Waals surface area contributed by atoms with Crippen molar-refractivity contribution in [3.8, 4) is 0 Å². The molecule has 3 rings (SSSR count). The Morgan fingerprint density at radius 1 is 1.33 bits per heavy atom. The standard InChI is InChI=1S/C13H19F2N3/c1-8(2)10-9-5-12(6-13(14,15)7-12)3-4-18(9)17-11(10)16/h8H,3-7H2,1-2H3,(H2,16,17). The highest BCUT2D eigenvalue weighted by molar-refractivity contribution is 5.46. The van der Waals surface area contributed by atoms with Crippen LogP contribution < -0.4 is 5.73 Å². The lowest BCUT2D eigenvalue weighted by molar-refractivity contribution is -0.169. The van der Waals surface area contributed by atoms with Crippen molar-refractivity contribution in [3.05, 3.63) is 11.3 Å². The Morgan fingerprint density at radius 3 is 2.56 bits per heavy atom. The quantitative estimate of drug-likeness (QED) is 0.838. The number of nitrogen functional groups attached to an aromatic ring is 1. The molecule has 5 heteroatoms. The molecule has 1 aliphatic heterocycles. The van der Waals surface area contributed by atoms with Crippen molar-refractivity contribution < 1.29 is 8.78 Å². The molecule has 1 aliphatic carbocycles. The van der Waals surface area contributed by atoms with Crippen LogP contribution in [0.4, 0.5) is 14.6 Å². The largest absolute Gasteiger partial charge is 0.382 e. The van der Waals surface area contributed by atoms with Crippen LogP contribution in [0.15, 0.2) is 0 Å². The number of hydrogen-bond donors (Lipinski definition) is 1. The van der Waals surface area contributed by atoms with E-state index < -0.39 is 5.92 Å². The Kier molecular flexibility index (Phi) is 2.29. The fourth-order valence-corrected chi connectivity index (χ4v) is 3.67. The average molecular weight is 255 g/mol. The van der Waals surface area contributed by atoms with E-state index in [2.05, 4.69) is 18.9 Å². The second-order valence-corrected chi connectivity index (χ2v) is 6.26. The molecule has 2 aliphatic rings. The van der Waals surface area contributed by atoms with Crippen molar-refractivity contribution >= 4 is 5.82 Å². The molecule has 0 atom stereocenters. The fraction of sp³-hybridized carbons (Fsp3) is 0.769. The van der Waals surface area contributed by atoms with Gasteiger partial charge in [-0.3, -0.25) is 4.68 Å². The highest BCUT2D eigenvalue weighted by atomic mass is 19.3. The van der Waals surface area contributed by atoms with Gasteiger partial charge < -0.3 is 5.73 Å². The van der Waals surface area contributed by atoms with Gasteiger partial charge in [-0.15, -0.1) is 0 Å². The van der Waals surface area contributed by atoms with Gasteiger partial charge in [-0.2, -0.15) is 5.10 Å². The minimum absolute atomic E-state index is 0.0304. The Hall–Kier alpha value is -1.13. The molecule has 18 heavy (non-hydrogen) atoms. The van der Waals surface area contributed by atoms with E-state index in [0.29, 0.717) is 18.2 Å². The predicted molar refractivity (Wildman–Crippen MR) is 65.7 cm³/mol. The lowest BCUT2D eigenvalue weighted by Crippen LogP contribution is -2.50. The van der Waals surface area contributed by atoms with Crippen molar-refractivity contribution in [3.63, 3.8) is 0 Å². The van der Waals surface area contributed by atoms with E-state index in [1.165, 1.54) is 0 Å². The molecular formula is C13H19F2N3. The summed E-state index contributed by atoms with van der Waals surface area (Å²) in [6.45, 7) is 4.87. The first-order valence-electron chi connectivity index (χ1n) is 6.55. The Balaban J connectivity index is 1.93. The number of aromatic nitrogens is 2. The molecule has 1 saturated carbocycles. The third-order valence-corrected chi connectivity index (χ3v) is 4.37. The van der Waals surface area contributed by atoms with Gasteiger partial charge in [0, 0.05) is 30.6 Å². The maximum Gasteiger partial charge on any atom is 0.249 e. The Labute approximate surface area is 105 Å². The number of nitrogens with two attached hydrogens (primary N) is 1. The molecule has 0 unspecified atom stereocenters. The first-order valence-corrected chi connectivity index (χ1v) is 6.55. The van der Waals surface area contributed by atoms with Crippen LogP contribution >= 0.6 is 0 Å². The van der Waals surface area contributed by atoms with E-state index in [1.54, 1.807) is 0 Å².